The number of nitrogens with zero attached hydrogens (tertiary/aromatic N) is 2. The van der Waals surface area contributed by atoms with Gasteiger partial charge in [-0.15, -0.1) is 0 Å². The lowest BCUT2D eigenvalue weighted by Gasteiger charge is -2.10. The van der Waals surface area contributed by atoms with Crippen molar-refractivity contribution in [3.63, 3.8) is 0 Å². The van der Waals surface area contributed by atoms with Gasteiger partial charge in [0, 0.05) is 22.4 Å². The minimum Gasteiger partial charge on any atom is -0.294 e. The highest BCUT2D eigenvalue weighted by atomic mass is 79.9. The van der Waals surface area contributed by atoms with Gasteiger partial charge in [0.05, 0.1) is 12.1 Å². The number of carbonyl (C=O) groups is 1. The molecule has 0 N–H and O–H groups in total. The van der Waals surface area contributed by atoms with E-state index in [1.54, 1.807) is 6.07 Å². The van der Waals surface area contributed by atoms with Crippen molar-refractivity contribution in [1.82, 2.24) is 0 Å². The normalized spacial score (nSPS) is 18.0. The first-order valence-corrected chi connectivity index (χ1v) is 5.58. The number of benzene rings is 1. The van der Waals surface area contributed by atoms with E-state index in [9.17, 15) is 4.79 Å². The second-order valence-corrected chi connectivity index (χ2v) is 4.62. The number of nitriles is 2. The predicted molar refractivity (Wildman–Crippen MR) is 60.5 cm³/mol. The third-order valence-corrected chi connectivity index (χ3v) is 3.29. The molecular weight excluding hydrogens is 268 g/mol. The minimum absolute atomic E-state index is 0.0109. The van der Waals surface area contributed by atoms with Crippen LogP contribution in [0.1, 0.15) is 28.3 Å². The first kappa shape index (κ1) is 10.9. The molecule has 3 nitrogen and oxygen atoms in total. The first-order chi connectivity index (χ1) is 7.67. The second kappa shape index (κ2) is 4.08. The lowest BCUT2D eigenvalue weighted by molar-refractivity contribution is 0.0987. The van der Waals surface area contributed by atoms with Crippen molar-refractivity contribution in [2.24, 2.45) is 5.92 Å². The standard InChI is InChI=1S/C12H7BrN2O/c13-8-1-2-9-10(7(5-14)6-15)4-12(16)11(9)3-8/h1-3,7,10H,4H2. The molecule has 1 aliphatic rings. The number of fused-ring (bicyclic) bond motifs is 1. The molecule has 0 aliphatic heterocycles. The highest BCUT2D eigenvalue weighted by Gasteiger charge is 2.35. The number of hydrogen-bond donors (Lipinski definition) is 0. The van der Waals surface area contributed by atoms with Gasteiger partial charge < -0.3 is 0 Å². The molecular formula is C12H7BrN2O. The fourth-order valence-electron chi connectivity index (χ4n) is 2.02. The molecule has 0 saturated heterocycles. The lowest BCUT2D eigenvalue weighted by Crippen LogP contribution is -2.06. The van der Waals surface area contributed by atoms with Gasteiger partial charge in [0.2, 0.25) is 0 Å². The molecule has 0 spiro atoms. The highest BCUT2D eigenvalue weighted by Crippen LogP contribution is 2.38. The van der Waals surface area contributed by atoms with Crippen LogP contribution in [0.4, 0.5) is 0 Å². The van der Waals surface area contributed by atoms with E-state index < -0.39 is 5.92 Å². The zero-order chi connectivity index (χ0) is 11.7. The Balaban J connectivity index is 2.49. The maximum Gasteiger partial charge on any atom is 0.163 e. The van der Waals surface area contributed by atoms with Crippen molar-refractivity contribution < 1.29 is 4.79 Å². The van der Waals surface area contributed by atoms with Gasteiger partial charge in [-0.1, -0.05) is 22.0 Å². The molecule has 2 rings (SSSR count). The zero-order valence-electron chi connectivity index (χ0n) is 8.27. The zero-order valence-corrected chi connectivity index (χ0v) is 9.86. The summed E-state index contributed by atoms with van der Waals surface area (Å²) in [5, 5.41) is 17.7. The van der Waals surface area contributed by atoms with Crippen LogP contribution in [-0.2, 0) is 0 Å². The number of carbonyl (C=O) groups excluding carboxylic acids is 1. The predicted octanol–water partition coefficient (Wildman–Crippen LogP) is 2.78. The summed E-state index contributed by atoms with van der Waals surface area (Å²) >= 11 is 3.30. The molecule has 0 radical (unpaired) electrons. The molecule has 16 heavy (non-hydrogen) atoms. The van der Waals surface area contributed by atoms with E-state index >= 15 is 0 Å². The Kier molecular flexibility index (Phi) is 2.77. The van der Waals surface area contributed by atoms with E-state index in [-0.39, 0.29) is 18.1 Å². The van der Waals surface area contributed by atoms with Crippen LogP contribution in [0, 0.1) is 28.6 Å². The Bertz CT molecular complexity index is 525. The summed E-state index contributed by atoms with van der Waals surface area (Å²) in [5.74, 6) is -1.01. The van der Waals surface area contributed by atoms with Crippen LogP contribution in [0.5, 0.6) is 0 Å². The average molecular weight is 275 g/mol. The molecule has 0 fully saturated rings. The minimum atomic E-state index is -0.744. The van der Waals surface area contributed by atoms with Crippen molar-refractivity contribution in [2.45, 2.75) is 12.3 Å². The summed E-state index contributed by atoms with van der Waals surface area (Å²) in [7, 11) is 0. The number of Topliss-reactive ketones (excluding diaryl/α,β-unsaturated/α-hetero) is 1. The Morgan fingerprint density at radius 1 is 1.38 bits per heavy atom. The van der Waals surface area contributed by atoms with E-state index in [2.05, 4.69) is 15.9 Å². The van der Waals surface area contributed by atoms with Crippen molar-refractivity contribution in [1.29, 1.82) is 10.5 Å². The number of hydrogen-bond acceptors (Lipinski definition) is 3. The fourth-order valence-corrected chi connectivity index (χ4v) is 2.38. The van der Waals surface area contributed by atoms with Crippen LogP contribution < -0.4 is 0 Å². The third-order valence-electron chi connectivity index (χ3n) is 2.80. The second-order valence-electron chi connectivity index (χ2n) is 3.70. The van der Waals surface area contributed by atoms with E-state index in [1.807, 2.05) is 24.3 Å². The topological polar surface area (TPSA) is 64.7 Å². The summed E-state index contributed by atoms with van der Waals surface area (Å²) in [6.07, 6.45) is 0.261. The fraction of sp³-hybridized carbons (Fsp3) is 0.250. The lowest BCUT2D eigenvalue weighted by atomic mass is 9.89. The van der Waals surface area contributed by atoms with Gasteiger partial charge in [-0.25, -0.2) is 0 Å². The molecule has 0 bridgehead atoms. The van der Waals surface area contributed by atoms with Crippen molar-refractivity contribution in [2.75, 3.05) is 0 Å². The largest absolute Gasteiger partial charge is 0.294 e. The highest BCUT2D eigenvalue weighted by molar-refractivity contribution is 9.10. The van der Waals surface area contributed by atoms with Gasteiger partial charge in [-0.2, -0.15) is 10.5 Å². The van der Waals surface area contributed by atoms with E-state index in [0.29, 0.717) is 5.56 Å². The van der Waals surface area contributed by atoms with E-state index in [1.165, 1.54) is 0 Å². The van der Waals surface area contributed by atoms with Gasteiger partial charge >= 0.3 is 0 Å². The van der Waals surface area contributed by atoms with Gasteiger partial charge in [0.15, 0.2) is 5.78 Å². The Morgan fingerprint density at radius 2 is 2.06 bits per heavy atom. The molecule has 1 atom stereocenters. The number of ketones is 1. The van der Waals surface area contributed by atoms with Gasteiger partial charge in [-0.05, 0) is 17.7 Å². The average Bonchev–Trinajstić information content (AvgIpc) is 2.58. The molecule has 0 saturated carbocycles. The molecule has 0 aromatic heterocycles. The van der Waals surface area contributed by atoms with Crippen LogP contribution in [0.3, 0.4) is 0 Å². The van der Waals surface area contributed by atoms with Crippen LogP contribution in [0.2, 0.25) is 0 Å². The van der Waals surface area contributed by atoms with Gasteiger partial charge in [-0.3, -0.25) is 4.79 Å². The molecule has 1 aromatic carbocycles. The molecule has 4 heteroatoms. The summed E-state index contributed by atoms with van der Waals surface area (Å²) in [6.45, 7) is 0. The van der Waals surface area contributed by atoms with Crippen molar-refractivity contribution in [3.05, 3.63) is 33.8 Å². The van der Waals surface area contributed by atoms with Crippen molar-refractivity contribution >= 4 is 21.7 Å². The van der Waals surface area contributed by atoms with Gasteiger partial charge in [0.1, 0.15) is 5.92 Å². The van der Waals surface area contributed by atoms with Crippen LogP contribution in [0.15, 0.2) is 22.7 Å². The molecule has 0 amide bonds. The van der Waals surface area contributed by atoms with E-state index in [0.717, 1.165) is 10.0 Å². The summed E-state index contributed by atoms with van der Waals surface area (Å²) in [5.41, 5.74) is 1.45. The summed E-state index contributed by atoms with van der Waals surface area (Å²) in [4.78, 5) is 11.7. The molecule has 1 aromatic rings. The third kappa shape index (κ3) is 1.62. The SMILES string of the molecule is N#CC(C#N)C1CC(=O)c2cc(Br)ccc21. The smallest absolute Gasteiger partial charge is 0.163 e. The van der Waals surface area contributed by atoms with Crippen LogP contribution in [0.25, 0.3) is 0 Å². The summed E-state index contributed by atoms with van der Waals surface area (Å²) < 4.78 is 0.839. The molecule has 1 aliphatic carbocycles. The summed E-state index contributed by atoms with van der Waals surface area (Å²) in [6, 6.07) is 9.29. The van der Waals surface area contributed by atoms with Gasteiger partial charge in [0.25, 0.3) is 0 Å². The first-order valence-electron chi connectivity index (χ1n) is 4.79. The molecule has 0 heterocycles. The Labute approximate surface area is 101 Å². The van der Waals surface area contributed by atoms with Crippen LogP contribution in [-0.4, -0.2) is 5.78 Å². The maximum atomic E-state index is 11.7. The quantitative estimate of drug-likeness (QED) is 0.791. The Hall–Kier alpha value is -1.65. The monoisotopic (exact) mass is 274 g/mol. The molecule has 78 valence electrons. The maximum absolute atomic E-state index is 11.7. The Morgan fingerprint density at radius 3 is 2.69 bits per heavy atom. The van der Waals surface area contributed by atoms with Crippen molar-refractivity contribution in [3.8, 4) is 12.1 Å². The number of halogens is 1. The van der Waals surface area contributed by atoms with E-state index in [4.69, 9.17) is 10.5 Å². The number of rotatable bonds is 1. The van der Waals surface area contributed by atoms with Crippen LogP contribution >= 0.6 is 15.9 Å². The molecule has 1 unspecified atom stereocenters.